The van der Waals surface area contributed by atoms with Gasteiger partial charge in [0.15, 0.2) is 6.61 Å². The van der Waals surface area contributed by atoms with Gasteiger partial charge in [-0.15, -0.1) is 0 Å². The Kier molecular flexibility index (Phi) is 6.52. The van der Waals surface area contributed by atoms with E-state index < -0.39 is 5.97 Å². The number of anilines is 1. The zero-order valence-corrected chi connectivity index (χ0v) is 12.7. The Morgan fingerprint density at radius 1 is 1.19 bits per heavy atom. The van der Waals surface area contributed by atoms with Crippen molar-refractivity contribution in [3.8, 4) is 5.75 Å². The van der Waals surface area contributed by atoms with Gasteiger partial charge in [-0.1, -0.05) is 0 Å². The van der Waals surface area contributed by atoms with Crippen LogP contribution in [-0.2, 0) is 9.53 Å². The molecule has 0 spiro atoms. The lowest BCUT2D eigenvalue weighted by Gasteiger charge is -2.19. The van der Waals surface area contributed by atoms with Crippen molar-refractivity contribution in [2.45, 2.75) is 20.8 Å². The summed E-state index contributed by atoms with van der Waals surface area (Å²) in [6, 6.07) is 4.61. The molecule has 0 atom stereocenters. The van der Waals surface area contributed by atoms with Crippen LogP contribution >= 0.6 is 0 Å². The molecule has 1 amide bonds. The molecule has 0 unspecified atom stereocenters. The first-order chi connectivity index (χ1) is 10.0. The number of ether oxygens (including phenoxy) is 2. The van der Waals surface area contributed by atoms with E-state index in [9.17, 15) is 9.59 Å². The molecule has 6 nitrogen and oxygen atoms in total. The maximum atomic E-state index is 11.8. The second-order valence-corrected chi connectivity index (χ2v) is 4.33. The number of hydrogen-bond donors (Lipinski definition) is 1. The largest absolute Gasteiger partial charge is 0.482 e. The van der Waals surface area contributed by atoms with Crippen molar-refractivity contribution in [3.05, 3.63) is 23.8 Å². The number of nitrogens with two attached hydrogens (primary N) is 1. The number of amides is 1. The van der Waals surface area contributed by atoms with E-state index in [4.69, 9.17) is 15.2 Å². The third-order valence-corrected chi connectivity index (χ3v) is 2.99. The van der Waals surface area contributed by atoms with E-state index in [2.05, 4.69) is 0 Å². The molecule has 2 N–H and O–H groups in total. The van der Waals surface area contributed by atoms with Gasteiger partial charge < -0.3 is 20.1 Å². The second-order valence-electron chi connectivity index (χ2n) is 4.33. The van der Waals surface area contributed by atoms with Crippen molar-refractivity contribution < 1.29 is 19.1 Å². The minimum atomic E-state index is -0.435. The average Bonchev–Trinajstić information content (AvgIpc) is 2.47. The van der Waals surface area contributed by atoms with Gasteiger partial charge in [-0.05, 0) is 39.0 Å². The lowest BCUT2D eigenvalue weighted by Crippen LogP contribution is -2.34. The summed E-state index contributed by atoms with van der Waals surface area (Å²) < 4.78 is 10.3. The van der Waals surface area contributed by atoms with Gasteiger partial charge in [-0.25, -0.2) is 4.79 Å². The fourth-order valence-corrected chi connectivity index (χ4v) is 1.83. The quantitative estimate of drug-likeness (QED) is 0.611. The SMILES string of the molecule is CCOC(=O)c1ccc(OCC(=O)N(CC)CC)c(N)c1. The summed E-state index contributed by atoms with van der Waals surface area (Å²) in [4.78, 5) is 25.1. The highest BCUT2D eigenvalue weighted by atomic mass is 16.5. The molecule has 0 saturated heterocycles. The summed E-state index contributed by atoms with van der Waals surface area (Å²) in [5.74, 6) is -0.160. The van der Waals surface area contributed by atoms with Crippen LogP contribution in [0.1, 0.15) is 31.1 Å². The predicted molar refractivity (Wildman–Crippen MR) is 80.2 cm³/mol. The van der Waals surface area contributed by atoms with Crippen molar-refractivity contribution in [2.75, 3.05) is 32.0 Å². The van der Waals surface area contributed by atoms with Gasteiger partial charge in [0.05, 0.1) is 17.9 Å². The van der Waals surface area contributed by atoms with Crippen LogP contribution in [0.25, 0.3) is 0 Å². The molecule has 1 aromatic carbocycles. The van der Waals surface area contributed by atoms with Crippen LogP contribution in [0, 0.1) is 0 Å². The molecule has 0 aliphatic heterocycles. The summed E-state index contributed by atoms with van der Waals surface area (Å²) in [7, 11) is 0. The zero-order valence-electron chi connectivity index (χ0n) is 12.7. The molecule has 1 aromatic rings. The van der Waals surface area contributed by atoms with E-state index in [0.717, 1.165) is 0 Å². The van der Waals surface area contributed by atoms with Gasteiger partial charge in [0.1, 0.15) is 5.75 Å². The van der Waals surface area contributed by atoms with Crippen LogP contribution in [0.5, 0.6) is 5.75 Å². The Hall–Kier alpha value is -2.24. The fourth-order valence-electron chi connectivity index (χ4n) is 1.83. The highest BCUT2D eigenvalue weighted by Crippen LogP contribution is 2.23. The standard InChI is InChI=1S/C15H22N2O4/c1-4-17(5-2)14(18)10-21-13-8-7-11(9-12(13)16)15(19)20-6-3/h7-9H,4-6,10,16H2,1-3H3. The third kappa shape index (κ3) is 4.66. The molecule has 0 saturated carbocycles. The first-order valence-corrected chi connectivity index (χ1v) is 7.00. The number of likely N-dealkylation sites (N-methyl/N-ethyl adjacent to an activating group) is 1. The lowest BCUT2D eigenvalue weighted by atomic mass is 10.2. The molecular weight excluding hydrogens is 272 g/mol. The molecular formula is C15H22N2O4. The van der Waals surface area contributed by atoms with E-state index in [1.54, 1.807) is 24.0 Å². The highest BCUT2D eigenvalue weighted by molar-refractivity contribution is 5.91. The minimum Gasteiger partial charge on any atom is -0.482 e. The number of hydrogen-bond acceptors (Lipinski definition) is 5. The number of rotatable bonds is 7. The van der Waals surface area contributed by atoms with Gasteiger partial charge >= 0.3 is 5.97 Å². The van der Waals surface area contributed by atoms with Gasteiger partial charge in [0, 0.05) is 13.1 Å². The second kappa shape index (κ2) is 8.14. The van der Waals surface area contributed by atoms with Gasteiger partial charge in [0.2, 0.25) is 0 Å². The number of nitrogens with zero attached hydrogens (tertiary/aromatic N) is 1. The Morgan fingerprint density at radius 2 is 1.86 bits per heavy atom. The maximum Gasteiger partial charge on any atom is 0.338 e. The smallest absolute Gasteiger partial charge is 0.338 e. The van der Waals surface area contributed by atoms with Gasteiger partial charge in [-0.2, -0.15) is 0 Å². The third-order valence-electron chi connectivity index (χ3n) is 2.99. The predicted octanol–water partition coefficient (Wildman–Crippen LogP) is 1.69. The number of esters is 1. The first kappa shape index (κ1) is 16.8. The van der Waals surface area contributed by atoms with Gasteiger partial charge in [-0.3, -0.25) is 4.79 Å². The van der Waals surface area contributed by atoms with Crippen molar-refractivity contribution in [1.82, 2.24) is 4.90 Å². The monoisotopic (exact) mass is 294 g/mol. The number of nitrogen functional groups attached to an aromatic ring is 1. The molecule has 0 aromatic heterocycles. The lowest BCUT2D eigenvalue weighted by molar-refractivity contribution is -0.132. The van der Waals surface area contributed by atoms with Crippen LogP contribution in [0.2, 0.25) is 0 Å². The van der Waals surface area contributed by atoms with E-state index in [0.29, 0.717) is 36.7 Å². The summed E-state index contributed by atoms with van der Waals surface area (Å²) in [5, 5.41) is 0. The molecule has 116 valence electrons. The molecule has 6 heteroatoms. The Labute approximate surface area is 124 Å². The molecule has 0 heterocycles. The van der Waals surface area contributed by atoms with E-state index >= 15 is 0 Å². The molecule has 0 aliphatic rings. The van der Waals surface area contributed by atoms with E-state index in [1.807, 2.05) is 13.8 Å². The molecule has 0 fully saturated rings. The Bertz CT molecular complexity index is 498. The first-order valence-electron chi connectivity index (χ1n) is 7.00. The molecule has 0 aliphatic carbocycles. The number of carbonyl (C=O) groups is 2. The van der Waals surface area contributed by atoms with Crippen LogP contribution < -0.4 is 10.5 Å². The molecule has 21 heavy (non-hydrogen) atoms. The molecule has 1 rings (SSSR count). The van der Waals surface area contributed by atoms with Crippen molar-refractivity contribution in [2.24, 2.45) is 0 Å². The van der Waals surface area contributed by atoms with Crippen molar-refractivity contribution in [3.63, 3.8) is 0 Å². The normalized spacial score (nSPS) is 10.0. The van der Waals surface area contributed by atoms with Crippen LogP contribution in [0.3, 0.4) is 0 Å². The molecule has 0 bridgehead atoms. The summed E-state index contributed by atoms with van der Waals surface area (Å²) in [6.07, 6.45) is 0. The fraction of sp³-hybridized carbons (Fsp3) is 0.467. The van der Waals surface area contributed by atoms with Crippen molar-refractivity contribution in [1.29, 1.82) is 0 Å². The van der Waals surface area contributed by atoms with Crippen LogP contribution in [-0.4, -0.2) is 43.1 Å². The van der Waals surface area contributed by atoms with Crippen LogP contribution in [0.15, 0.2) is 18.2 Å². The average molecular weight is 294 g/mol. The summed E-state index contributed by atoms with van der Waals surface area (Å²) >= 11 is 0. The number of benzene rings is 1. The maximum absolute atomic E-state index is 11.8. The molecule has 0 radical (unpaired) electrons. The highest BCUT2D eigenvalue weighted by Gasteiger charge is 2.13. The van der Waals surface area contributed by atoms with E-state index in [-0.39, 0.29) is 12.5 Å². The van der Waals surface area contributed by atoms with Gasteiger partial charge in [0.25, 0.3) is 5.91 Å². The summed E-state index contributed by atoms with van der Waals surface area (Å²) in [5.41, 5.74) is 6.48. The Balaban J connectivity index is 2.69. The van der Waals surface area contributed by atoms with Crippen molar-refractivity contribution >= 4 is 17.6 Å². The topological polar surface area (TPSA) is 81.9 Å². The van der Waals surface area contributed by atoms with E-state index in [1.165, 1.54) is 6.07 Å². The zero-order chi connectivity index (χ0) is 15.8. The minimum absolute atomic E-state index is 0.0787. The number of carbonyl (C=O) groups excluding carboxylic acids is 2. The summed E-state index contributed by atoms with van der Waals surface area (Å²) in [6.45, 7) is 7.04. The van der Waals surface area contributed by atoms with Crippen LogP contribution in [0.4, 0.5) is 5.69 Å². The Morgan fingerprint density at radius 3 is 2.38 bits per heavy atom.